The fourth-order valence-electron chi connectivity index (χ4n) is 4.13. The minimum Gasteiger partial charge on any atom is -0.493 e. The van der Waals surface area contributed by atoms with E-state index in [2.05, 4.69) is 0 Å². The Kier molecular flexibility index (Phi) is 5.84. The lowest BCUT2D eigenvalue weighted by atomic mass is 10.0. The summed E-state index contributed by atoms with van der Waals surface area (Å²) in [6, 6.07) is 12.2. The van der Waals surface area contributed by atoms with Crippen LogP contribution in [0, 0.1) is 0 Å². The highest BCUT2D eigenvalue weighted by atomic mass is 16.5. The molecule has 2 aromatic carbocycles. The zero-order valence-corrected chi connectivity index (χ0v) is 16.9. The predicted octanol–water partition coefficient (Wildman–Crippen LogP) is 4.48. The Bertz CT molecular complexity index is 878. The van der Waals surface area contributed by atoms with Crippen molar-refractivity contribution >= 4 is 11.7 Å². The van der Waals surface area contributed by atoms with Crippen molar-refractivity contribution in [2.75, 3.05) is 20.2 Å². The summed E-state index contributed by atoms with van der Waals surface area (Å²) < 4.78 is 11.5. The van der Waals surface area contributed by atoms with Gasteiger partial charge in [0.15, 0.2) is 17.3 Å². The van der Waals surface area contributed by atoms with E-state index in [9.17, 15) is 9.59 Å². The van der Waals surface area contributed by atoms with E-state index in [1.807, 2.05) is 4.90 Å². The van der Waals surface area contributed by atoms with Gasteiger partial charge in [-0.05, 0) is 68.9 Å². The third-order valence-corrected chi connectivity index (χ3v) is 5.81. The molecular formula is C24H27NO4. The second kappa shape index (κ2) is 8.68. The number of hydrogen-bond acceptors (Lipinski definition) is 4. The van der Waals surface area contributed by atoms with E-state index in [1.165, 1.54) is 12.8 Å². The zero-order valence-electron chi connectivity index (χ0n) is 16.9. The molecule has 4 rings (SSSR count). The van der Waals surface area contributed by atoms with Crippen LogP contribution in [0.25, 0.3) is 0 Å². The molecule has 0 radical (unpaired) electrons. The average Bonchev–Trinajstić information content (AvgIpc) is 3.47. The van der Waals surface area contributed by atoms with Gasteiger partial charge >= 0.3 is 0 Å². The summed E-state index contributed by atoms with van der Waals surface area (Å²) in [4.78, 5) is 27.3. The van der Waals surface area contributed by atoms with Crippen LogP contribution >= 0.6 is 0 Å². The summed E-state index contributed by atoms with van der Waals surface area (Å²) in [7, 11) is 1.61. The number of benzene rings is 2. The number of hydrogen-bond donors (Lipinski definition) is 0. The first-order valence-electron chi connectivity index (χ1n) is 10.4. The van der Waals surface area contributed by atoms with Gasteiger partial charge in [0.25, 0.3) is 5.91 Å². The van der Waals surface area contributed by atoms with Crippen LogP contribution in [0.5, 0.6) is 11.5 Å². The van der Waals surface area contributed by atoms with Crippen molar-refractivity contribution in [3.63, 3.8) is 0 Å². The number of methoxy groups -OCH3 is 1. The highest BCUT2D eigenvalue weighted by Crippen LogP contribution is 2.33. The molecule has 2 aliphatic rings. The Morgan fingerprint density at radius 1 is 0.828 bits per heavy atom. The number of carbonyl (C=O) groups excluding carboxylic acids is 2. The van der Waals surface area contributed by atoms with E-state index in [4.69, 9.17) is 9.47 Å². The van der Waals surface area contributed by atoms with Crippen molar-refractivity contribution in [3.8, 4) is 11.5 Å². The highest BCUT2D eigenvalue weighted by molar-refractivity contribution is 6.09. The third-order valence-electron chi connectivity index (χ3n) is 5.81. The van der Waals surface area contributed by atoms with Crippen LogP contribution < -0.4 is 9.47 Å². The van der Waals surface area contributed by atoms with Gasteiger partial charge in [-0.3, -0.25) is 9.59 Å². The molecule has 0 bridgehead atoms. The number of carbonyl (C=O) groups is 2. The average molecular weight is 393 g/mol. The molecule has 1 aliphatic carbocycles. The molecule has 5 nitrogen and oxygen atoms in total. The van der Waals surface area contributed by atoms with Crippen LogP contribution in [-0.2, 0) is 0 Å². The molecule has 0 unspecified atom stereocenters. The largest absolute Gasteiger partial charge is 0.493 e. The Labute approximate surface area is 171 Å². The highest BCUT2D eigenvalue weighted by Gasteiger charge is 2.21. The molecule has 1 aliphatic heterocycles. The van der Waals surface area contributed by atoms with Gasteiger partial charge in [-0.2, -0.15) is 0 Å². The SMILES string of the molecule is COc1ccc(C(=O)c2ccc(C(=O)N3CCCC3)cc2)cc1OC1CCCC1. The number of amides is 1. The first-order valence-corrected chi connectivity index (χ1v) is 10.4. The molecule has 1 heterocycles. The van der Waals surface area contributed by atoms with Crippen molar-refractivity contribution in [1.82, 2.24) is 4.90 Å². The molecule has 0 spiro atoms. The van der Waals surface area contributed by atoms with Crippen molar-refractivity contribution in [3.05, 3.63) is 59.2 Å². The molecule has 152 valence electrons. The van der Waals surface area contributed by atoms with Gasteiger partial charge in [-0.25, -0.2) is 0 Å². The van der Waals surface area contributed by atoms with Crippen LogP contribution in [-0.4, -0.2) is 42.9 Å². The van der Waals surface area contributed by atoms with E-state index in [1.54, 1.807) is 49.6 Å². The lowest BCUT2D eigenvalue weighted by molar-refractivity contribution is 0.0792. The van der Waals surface area contributed by atoms with Gasteiger partial charge < -0.3 is 14.4 Å². The standard InChI is InChI=1S/C24H27NO4/c1-28-21-13-12-19(16-22(21)29-20-6-2-3-7-20)23(26)17-8-10-18(11-9-17)24(27)25-14-4-5-15-25/h8-13,16,20H,2-7,14-15H2,1H3. The van der Waals surface area contributed by atoms with Gasteiger partial charge in [-0.15, -0.1) is 0 Å². The Balaban J connectivity index is 1.51. The van der Waals surface area contributed by atoms with Crippen molar-refractivity contribution in [2.45, 2.75) is 44.6 Å². The van der Waals surface area contributed by atoms with Gasteiger partial charge in [0.2, 0.25) is 0 Å². The first kappa shape index (κ1) is 19.5. The normalized spacial score (nSPS) is 16.8. The summed E-state index contributed by atoms with van der Waals surface area (Å²) >= 11 is 0. The molecule has 0 aromatic heterocycles. The second-order valence-corrected chi connectivity index (χ2v) is 7.80. The number of nitrogens with zero attached hydrogens (tertiary/aromatic N) is 1. The fraction of sp³-hybridized carbons (Fsp3) is 0.417. The monoisotopic (exact) mass is 393 g/mol. The van der Waals surface area contributed by atoms with Crippen LogP contribution in [0.2, 0.25) is 0 Å². The van der Waals surface area contributed by atoms with Crippen LogP contribution in [0.4, 0.5) is 0 Å². The summed E-state index contributed by atoms with van der Waals surface area (Å²) in [6.07, 6.45) is 6.73. The van der Waals surface area contributed by atoms with Crippen LogP contribution in [0.3, 0.4) is 0 Å². The van der Waals surface area contributed by atoms with E-state index in [-0.39, 0.29) is 17.8 Å². The number of ketones is 1. The quantitative estimate of drug-likeness (QED) is 0.679. The minimum absolute atomic E-state index is 0.0400. The summed E-state index contributed by atoms with van der Waals surface area (Å²) in [5, 5.41) is 0. The summed E-state index contributed by atoms with van der Waals surface area (Å²) in [6.45, 7) is 1.63. The predicted molar refractivity (Wildman–Crippen MR) is 111 cm³/mol. The van der Waals surface area contributed by atoms with E-state index in [0.717, 1.165) is 38.8 Å². The number of ether oxygens (including phenoxy) is 2. The Hall–Kier alpha value is -2.82. The van der Waals surface area contributed by atoms with Gasteiger partial charge in [0.1, 0.15) is 0 Å². The first-order chi connectivity index (χ1) is 14.2. The smallest absolute Gasteiger partial charge is 0.253 e. The molecule has 5 heteroatoms. The maximum absolute atomic E-state index is 13.0. The number of rotatable bonds is 6. The fourth-order valence-corrected chi connectivity index (χ4v) is 4.13. The summed E-state index contributed by atoms with van der Waals surface area (Å²) in [5.74, 6) is 1.20. The molecule has 1 amide bonds. The number of likely N-dealkylation sites (tertiary alicyclic amines) is 1. The summed E-state index contributed by atoms with van der Waals surface area (Å²) in [5.41, 5.74) is 1.74. The molecule has 1 saturated carbocycles. The lowest BCUT2D eigenvalue weighted by Crippen LogP contribution is -2.27. The van der Waals surface area contributed by atoms with E-state index in [0.29, 0.717) is 28.2 Å². The van der Waals surface area contributed by atoms with Gasteiger partial charge in [-0.1, -0.05) is 12.1 Å². The molecular weight excluding hydrogens is 366 g/mol. The van der Waals surface area contributed by atoms with E-state index < -0.39 is 0 Å². The second-order valence-electron chi connectivity index (χ2n) is 7.80. The Morgan fingerprint density at radius 3 is 2.10 bits per heavy atom. The topological polar surface area (TPSA) is 55.8 Å². The van der Waals surface area contributed by atoms with Crippen molar-refractivity contribution in [1.29, 1.82) is 0 Å². The molecule has 1 saturated heterocycles. The minimum atomic E-state index is -0.0934. The maximum Gasteiger partial charge on any atom is 0.253 e. The van der Waals surface area contributed by atoms with Crippen molar-refractivity contribution in [2.24, 2.45) is 0 Å². The van der Waals surface area contributed by atoms with Crippen LogP contribution in [0.15, 0.2) is 42.5 Å². The van der Waals surface area contributed by atoms with Crippen molar-refractivity contribution < 1.29 is 19.1 Å². The maximum atomic E-state index is 13.0. The molecule has 0 N–H and O–H groups in total. The lowest BCUT2D eigenvalue weighted by Gasteiger charge is -2.17. The molecule has 2 aromatic rings. The zero-order chi connectivity index (χ0) is 20.2. The molecule has 29 heavy (non-hydrogen) atoms. The van der Waals surface area contributed by atoms with Gasteiger partial charge in [0, 0.05) is 29.8 Å². The molecule has 0 atom stereocenters. The third kappa shape index (κ3) is 4.29. The van der Waals surface area contributed by atoms with E-state index >= 15 is 0 Å². The molecule has 2 fully saturated rings. The van der Waals surface area contributed by atoms with Crippen LogP contribution in [0.1, 0.15) is 64.8 Å². The van der Waals surface area contributed by atoms with Gasteiger partial charge in [0.05, 0.1) is 13.2 Å². The Morgan fingerprint density at radius 2 is 1.45 bits per heavy atom.